The second kappa shape index (κ2) is 6.67. The summed E-state index contributed by atoms with van der Waals surface area (Å²) in [7, 11) is -3.57. The number of benzene rings is 2. The van der Waals surface area contributed by atoms with Gasteiger partial charge in [0.05, 0.1) is 22.2 Å². The highest BCUT2D eigenvalue weighted by Crippen LogP contribution is 2.38. The van der Waals surface area contributed by atoms with E-state index in [1.807, 2.05) is 12.1 Å². The summed E-state index contributed by atoms with van der Waals surface area (Å²) < 4.78 is 24.8. The van der Waals surface area contributed by atoms with Gasteiger partial charge < -0.3 is 0 Å². The number of rotatable bonds is 3. The third-order valence-corrected chi connectivity index (χ3v) is 5.08. The van der Waals surface area contributed by atoms with Gasteiger partial charge in [0.15, 0.2) is 9.84 Å². The van der Waals surface area contributed by atoms with E-state index in [4.69, 9.17) is 11.6 Å². The minimum atomic E-state index is -3.57. The van der Waals surface area contributed by atoms with Gasteiger partial charge >= 0.3 is 0 Å². The molecule has 124 valence electrons. The molecule has 0 unspecified atom stereocenters. The highest BCUT2D eigenvalue weighted by Gasteiger charge is 2.21. The molecule has 4 nitrogen and oxygen atoms in total. The Morgan fingerprint density at radius 1 is 1.08 bits per heavy atom. The first-order valence-corrected chi connectivity index (χ1v) is 9.62. The number of hydrogen-bond acceptors (Lipinski definition) is 4. The molecule has 0 spiro atoms. The van der Waals surface area contributed by atoms with E-state index < -0.39 is 9.84 Å². The SMILES string of the molecule is CS(=O)(=O)c1cc(C#N)cc(-c2ccccn2)c1-c1ccc(Cl)cc1. The van der Waals surface area contributed by atoms with E-state index in [9.17, 15) is 13.7 Å². The lowest BCUT2D eigenvalue weighted by Crippen LogP contribution is -2.03. The van der Waals surface area contributed by atoms with Crippen molar-refractivity contribution >= 4 is 21.4 Å². The maximum atomic E-state index is 12.4. The second-order valence-electron chi connectivity index (χ2n) is 5.50. The lowest BCUT2D eigenvalue weighted by atomic mass is 9.95. The van der Waals surface area contributed by atoms with Gasteiger partial charge in [-0.25, -0.2) is 8.42 Å². The molecule has 0 N–H and O–H groups in total. The summed E-state index contributed by atoms with van der Waals surface area (Å²) in [6.07, 6.45) is 2.76. The fraction of sp³-hybridized carbons (Fsp3) is 0.0526. The van der Waals surface area contributed by atoms with Crippen LogP contribution in [-0.2, 0) is 9.84 Å². The monoisotopic (exact) mass is 368 g/mol. The maximum Gasteiger partial charge on any atom is 0.176 e. The third kappa shape index (κ3) is 3.55. The number of nitriles is 1. The second-order valence-corrected chi connectivity index (χ2v) is 7.92. The zero-order valence-corrected chi connectivity index (χ0v) is 14.8. The molecular weight excluding hydrogens is 356 g/mol. The summed E-state index contributed by atoms with van der Waals surface area (Å²) in [6, 6.07) is 17.3. The molecule has 1 aromatic heterocycles. The van der Waals surface area contributed by atoms with Crippen LogP contribution in [0.15, 0.2) is 65.7 Å². The van der Waals surface area contributed by atoms with E-state index in [1.165, 1.54) is 6.07 Å². The van der Waals surface area contributed by atoms with Crippen LogP contribution in [0.3, 0.4) is 0 Å². The van der Waals surface area contributed by atoms with Gasteiger partial charge in [0.25, 0.3) is 0 Å². The van der Waals surface area contributed by atoms with Gasteiger partial charge in [0, 0.05) is 28.6 Å². The largest absolute Gasteiger partial charge is 0.256 e. The van der Waals surface area contributed by atoms with Crippen molar-refractivity contribution in [2.24, 2.45) is 0 Å². The third-order valence-electron chi connectivity index (χ3n) is 3.70. The van der Waals surface area contributed by atoms with Crippen LogP contribution in [0.2, 0.25) is 5.02 Å². The van der Waals surface area contributed by atoms with Gasteiger partial charge in [-0.3, -0.25) is 4.98 Å². The van der Waals surface area contributed by atoms with E-state index in [0.29, 0.717) is 27.4 Å². The number of hydrogen-bond donors (Lipinski definition) is 0. The van der Waals surface area contributed by atoms with Crippen molar-refractivity contribution in [3.63, 3.8) is 0 Å². The first-order chi connectivity index (χ1) is 11.9. The van der Waals surface area contributed by atoms with Gasteiger partial charge in [0.2, 0.25) is 0 Å². The standard InChI is InChI=1S/C19H13ClN2O2S/c1-25(23,24)18-11-13(12-21)10-16(17-4-2-3-9-22-17)19(18)14-5-7-15(20)8-6-14/h2-11H,1H3. The van der Waals surface area contributed by atoms with Crippen LogP contribution in [0.4, 0.5) is 0 Å². The summed E-state index contributed by atoms with van der Waals surface area (Å²) in [5.74, 6) is 0. The fourth-order valence-corrected chi connectivity index (χ4v) is 3.68. The zero-order valence-electron chi connectivity index (χ0n) is 13.3. The topological polar surface area (TPSA) is 70.8 Å². The molecule has 3 rings (SSSR count). The van der Waals surface area contributed by atoms with Crippen LogP contribution >= 0.6 is 11.6 Å². The molecule has 2 aromatic carbocycles. The molecule has 0 fully saturated rings. The highest BCUT2D eigenvalue weighted by atomic mass is 35.5. The van der Waals surface area contributed by atoms with Crippen LogP contribution in [0, 0.1) is 11.3 Å². The Bertz CT molecular complexity index is 1070. The van der Waals surface area contributed by atoms with Crippen molar-refractivity contribution in [1.82, 2.24) is 4.98 Å². The normalized spacial score (nSPS) is 11.1. The molecule has 0 aliphatic heterocycles. The molecular formula is C19H13ClN2O2S. The molecule has 1 heterocycles. The van der Waals surface area contributed by atoms with Gasteiger partial charge in [-0.15, -0.1) is 0 Å². The van der Waals surface area contributed by atoms with Gasteiger partial charge in [-0.1, -0.05) is 29.8 Å². The minimum absolute atomic E-state index is 0.0922. The summed E-state index contributed by atoms with van der Waals surface area (Å²) >= 11 is 5.96. The van der Waals surface area contributed by atoms with Crippen molar-refractivity contribution < 1.29 is 8.42 Å². The number of halogens is 1. The van der Waals surface area contributed by atoms with Crippen molar-refractivity contribution in [3.8, 4) is 28.5 Å². The van der Waals surface area contributed by atoms with E-state index in [2.05, 4.69) is 4.98 Å². The summed E-state index contributed by atoms with van der Waals surface area (Å²) in [5.41, 5.74) is 2.64. The smallest absolute Gasteiger partial charge is 0.176 e. The zero-order chi connectivity index (χ0) is 18.0. The average molecular weight is 369 g/mol. The predicted octanol–water partition coefficient (Wildman–Crippen LogP) is 4.34. The van der Waals surface area contributed by atoms with Crippen molar-refractivity contribution in [3.05, 3.63) is 71.4 Å². The Morgan fingerprint density at radius 3 is 2.36 bits per heavy atom. The Morgan fingerprint density at radius 2 is 1.80 bits per heavy atom. The van der Waals surface area contributed by atoms with Gasteiger partial charge in [-0.2, -0.15) is 5.26 Å². The van der Waals surface area contributed by atoms with Crippen LogP contribution in [0.5, 0.6) is 0 Å². The Balaban J connectivity index is 2.44. The van der Waals surface area contributed by atoms with Crippen LogP contribution in [0.1, 0.15) is 5.56 Å². The predicted molar refractivity (Wildman–Crippen MR) is 97.9 cm³/mol. The quantitative estimate of drug-likeness (QED) is 0.689. The summed E-state index contributed by atoms with van der Waals surface area (Å²) in [5, 5.41) is 9.87. The molecule has 0 radical (unpaired) electrons. The molecule has 0 saturated carbocycles. The van der Waals surface area contributed by atoms with Crippen LogP contribution in [-0.4, -0.2) is 19.7 Å². The average Bonchev–Trinajstić information content (AvgIpc) is 2.61. The fourth-order valence-electron chi connectivity index (χ4n) is 2.61. The molecule has 0 bridgehead atoms. The first kappa shape index (κ1) is 17.2. The Kier molecular flexibility index (Phi) is 4.58. The Hall–Kier alpha value is -2.68. The minimum Gasteiger partial charge on any atom is -0.256 e. The molecule has 0 aliphatic carbocycles. The lowest BCUT2D eigenvalue weighted by molar-refractivity contribution is 0.602. The number of pyridine rings is 1. The van der Waals surface area contributed by atoms with Gasteiger partial charge in [0.1, 0.15) is 0 Å². The number of nitrogens with zero attached hydrogens (tertiary/aromatic N) is 2. The summed E-state index contributed by atoms with van der Waals surface area (Å²) in [4.78, 5) is 4.41. The van der Waals surface area contributed by atoms with Crippen molar-refractivity contribution in [2.75, 3.05) is 6.26 Å². The maximum absolute atomic E-state index is 12.4. The van der Waals surface area contributed by atoms with Crippen LogP contribution < -0.4 is 0 Å². The first-order valence-electron chi connectivity index (χ1n) is 7.35. The molecule has 0 saturated heterocycles. The summed E-state index contributed by atoms with van der Waals surface area (Å²) in [6.45, 7) is 0. The molecule has 6 heteroatoms. The van der Waals surface area contributed by atoms with E-state index in [1.54, 1.807) is 48.7 Å². The number of sulfone groups is 1. The lowest BCUT2D eigenvalue weighted by Gasteiger charge is -2.15. The van der Waals surface area contributed by atoms with E-state index in [-0.39, 0.29) is 10.5 Å². The molecule has 0 atom stereocenters. The van der Waals surface area contributed by atoms with Crippen molar-refractivity contribution in [2.45, 2.75) is 4.90 Å². The van der Waals surface area contributed by atoms with Crippen LogP contribution in [0.25, 0.3) is 22.4 Å². The molecule has 3 aromatic rings. The van der Waals surface area contributed by atoms with E-state index >= 15 is 0 Å². The Labute approximate surface area is 151 Å². The highest BCUT2D eigenvalue weighted by molar-refractivity contribution is 7.90. The number of aromatic nitrogens is 1. The van der Waals surface area contributed by atoms with Gasteiger partial charge in [-0.05, 0) is 42.0 Å². The molecule has 0 aliphatic rings. The molecule has 25 heavy (non-hydrogen) atoms. The van der Waals surface area contributed by atoms with E-state index in [0.717, 1.165) is 6.26 Å². The molecule has 0 amide bonds. The van der Waals surface area contributed by atoms with Crippen molar-refractivity contribution in [1.29, 1.82) is 5.26 Å².